The smallest absolute Gasteiger partial charge is 0.260 e. The highest BCUT2D eigenvalue weighted by Crippen LogP contribution is 2.29. The Morgan fingerprint density at radius 2 is 2.04 bits per heavy atom. The van der Waals surface area contributed by atoms with Gasteiger partial charge in [-0.05, 0) is 6.07 Å². The highest BCUT2D eigenvalue weighted by Gasteiger charge is 2.28. The summed E-state index contributed by atoms with van der Waals surface area (Å²) >= 11 is 0. The van der Waals surface area contributed by atoms with Crippen LogP contribution in [-0.2, 0) is 24.3 Å². The van der Waals surface area contributed by atoms with E-state index in [4.69, 9.17) is 4.42 Å². The zero-order valence-corrected chi connectivity index (χ0v) is 15.2. The maximum absolute atomic E-state index is 12.8. The molecule has 0 bridgehead atoms. The second-order valence-electron chi connectivity index (χ2n) is 6.53. The van der Waals surface area contributed by atoms with Gasteiger partial charge in [-0.1, -0.05) is 37.3 Å². The number of nitrogens with one attached hydrogen (secondary N) is 2. The van der Waals surface area contributed by atoms with E-state index in [-0.39, 0.29) is 11.8 Å². The van der Waals surface area contributed by atoms with Gasteiger partial charge in [0.1, 0.15) is 11.5 Å². The highest BCUT2D eigenvalue weighted by molar-refractivity contribution is 6.05. The molecule has 1 aromatic carbocycles. The van der Waals surface area contributed by atoms with Crippen molar-refractivity contribution >= 4 is 17.6 Å². The summed E-state index contributed by atoms with van der Waals surface area (Å²) < 4.78 is 5.89. The fraction of sp³-hybridized carbons (Fsp3) is 0.250. The number of H-pyrrole nitrogens is 1. The van der Waals surface area contributed by atoms with E-state index in [1.165, 1.54) is 6.92 Å². The van der Waals surface area contributed by atoms with Crippen molar-refractivity contribution in [1.29, 1.82) is 0 Å². The van der Waals surface area contributed by atoms with Crippen LogP contribution in [0.5, 0.6) is 0 Å². The van der Waals surface area contributed by atoms with E-state index in [1.54, 1.807) is 11.0 Å². The molecule has 2 amide bonds. The molecule has 0 unspecified atom stereocenters. The van der Waals surface area contributed by atoms with E-state index in [0.717, 1.165) is 16.8 Å². The van der Waals surface area contributed by atoms with Crippen LogP contribution in [0.4, 0.5) is 5.82 Å². The molecule has 0 aliphatic carbocycles. The van der Waals surface area contributed by atoms with E-state index in [2.05, 4.69) is 15.5 Å². The average Bonchev–Trinajstić information content (AvgIpc) is 3.37. The second-order valence-corrected chi connectivity index (χ2v) is 6.53. The lowest BCUT2D eigenvalue weighted by atomic mass is 10.1. The van der Waals surface area contributed by atoms with Crippen molar-refractivity contribution in [1.82, 2.24) is 15.1 Å². The standard InChI is InChI=1S/C20H20N4O3/c1-3-17-14(9-18(27-17)13-7-5-4-6-8-13)20(26)21-19-15-10-24(12(2)25)11-16(15)22-23-19/h4-9H,3,10-11H2,1-2H3,(H2,21,22,23,26). The maximum Gasteiger partial charge on any atom is 0.260 e. The number of amides is 2. The predicted octanol–water partition coefficient (Wildman–Crippen LogP) is 3.35. The molecular formula is C20H20N4O3. The highest BCUT2D eigenvalue weighted by atomic mass is 16.3. The van der Waals surface area contributed by atoms with Crippen molar-refractivity contribution < 1.29 is 14.0 Å². The normalized spacial score (nSPS) is 12.9. The van der Waals surface area contributed by atoms with Crippen molar-refractivity contribution in [2.24, 2.45) is 0 Å². The Hall–Kier alpha value is -3.35. The van der Waals surface area contributed by atoms with Crippen molar-refractivity contribution in [2.75, 3.05) is 5.32 Å². The molecule has 0 atom stereocenters. The third kappa shape index (κ3) is 3.12. The van der Waals surface area contributed by atoms with Gasteiger partial charge in [0.2, 0.25) is 5.91 Å². The van der Waals surface area contributed by atoms with Crippen molar-refractivity contribution in [3.05, 3.63) is 59.0 Å². The third-order valence-corrected chi connectivity index (χ3v) is 4.76. The van der Waals surface area contributed by atoms with Gasteiger partial charge in [0, 0.05) is 24.5 Å². The van der Waals surface area contributed by atoms with E-state index >= 15 is 0 Å². The number of nitrogens with zero attached hydrogens (tertiary/aromatic N) is 2. The van der Waals surface area contributed by atoms with Gasteiger partial charge in [-0.3, -0.25) is 14.7 Å². The number of aromatic nitrogens is 2. The summed E-state index contributed by atoms with van der Waals surface area (Å²) in [4.78, 5) is 26.1. The number of benzene rings is 1. The van der Waals surface area contributed by atoms with Gasteiger partial charge in [0.05, 0.1) is 24.3 Å². The summed E-state index contributed by atoms with van der Waals surface area (Å²) in [7, 11) is 0. The predicted molar refractivity (Wildman–Crippen MR) is 100.0 cm³/mol. The summed E-state index contributed by atoms with van der Waals surface area (Å²) in [5, 5.41) is 9.96. The first kappa shape index (κ1) is 17.1. The quantitative estimate of drug-likeness (QED) is 0.743. The third-order valence-electron chi connectivity index (χ3n) is 4.76. The number of furan rings is 1. The molecule has 138 valence electrons. The minimum absolute atomic E-state index is 0.00696. The van der Waals surface area contributed by atoms with Crippen LogP contribution in [0, 0.1) is 0 Å². The van der Waals surface area contributed by atoms with Gasteiger partial charge >= 0.3 is 0 Å². The average molecular weight is 364 g/mol. The lowest BCUT2D eigenvalue weighted by molar-refractivity contribution is -0.129. The molecule has 4 rings (SSSR count). The van der Waals surface area contributed by atoms with E-state index in [0.29, 0.717) is 42.4 Å². The van der Waals surface area contributed by atoms with Crippen LogP contribution in [0.1, 0.15) is 41.2 Å². The molecule has 7 nitrogen and oxygen atoms in total. The van der Waals surface area contributed by atoms with E-state index < -0.39 is 0 Å². The summed E-state index contributed by atoms with van der Waals surface area (Å²) in [6.07, 6.45) is 0.604. The van der Waals surface area contributed by atoms with Crippen LogP contribution in [0.25, 0.3) is 11.3 Å². The van der Waals surface area contributed by atoms with Crippen LogP contribution in [0.3, 0.4) is 0 Å². The lowest BCUT2D eigenvalue weighted by Crippen LogP contribution is -2.23. The zero-order valence-electron chi connectivity index (χ0n) is 15.2. The molecule has 1 aliphatic heterocycles. The summed E-state index contributed by atoms with van der Waals surface area (Å²) in [6, 6.07) is 11.4. The number of aryl methyl sites for hydroxylation is 1. The molecule has 7 heteroatoms. The van der Waals surface area contributed by atoms with Crippen LogP contribution >= 0.6 is 0 Å². The number of fused-ring (bicyclic) bond motifs is 1. The SMILES string of the molecule is CCc1oc(-c2ccccc2)cc1C(=O)Nc1n[nH]c2c1CN(C(C)=O)C2. The first-order valence-corrected chi connectivity index (χ1v) is 8.88. The Balaban J connectivity index is 1.58. The lowest BCUT2D eigenvalue weighted by Gasteiger charge is -2.12. The van der Waals surface area contributed by atoms with E-state index in [9.17, 15) is 9.59 Å². The molecule has 3 aromatic rings. The second kappa shape index (κ2) is 6.75. The monoisotopic (exact) mass is 364 g/mol. The molecule has 1 aliphatic rings. The maximum atomic E-state index is 12.8. The molecule has 2 aromatic heterocycles. The van der Waals surface area contributed by atoms with E-state index in [1.807, 2.05) is 37.3 Å². The van der Waals surface area contributed by atoms with Crippen LogP contribution in [0.15, 0.2) is 40.8 Å². The van der Waals surface area contributed by atoms with Gasteiger partial charge in [0.15, 0.2) is 5.82 Å². The van der Waals surface area contributed by atoms with Gasteiger partial charge in [-0.15, -0.1) is 0 Å². The Labute approximate surface area is 156 Å². The topological polar surface area (TPSA) is 91.2 Å². The minimum atomic E-state index is -0.270. The first-order chi connectivity index (χ1) is 13.1. The fourth-order valence-electron chi connectivity index (χ4n) is 3.27. The molecule has 0 radical (unpaired) electrons. The number of carbonyl (C=O) groups is 2. The van der Waals surface area contributed by atoms with Gasteiger partial charge in [-0.2, -0.15) is 5.10 Å². The Bertz CT molecular complexity index is 1000. The van der Waals surface area contributed by atoms with Crippen molar-refractivity contribution in [3.8, 4) is 11.3 Å². The van der Waals surface area contributed by atoms with Crippen molar-refractivity contribution in [3.63, 3.8) is 0 Å². The summed E-state index contributed by atoms with van der Waals surface area (Å²) in [5.74, 6) is 1.47. The van der Waals surface area contributed by atoms with Crippen LogP contribution in [-0.4, -0.2) is 26.9 Å². The Morgan fingerprint density at radius 1 is 1.26 bits per heavy atom. The molecule has 0 spiro atoms. The number of anilines is 1. The van der Waals surface area contributed by atoms with Crippen LogP contribution in [0.2, 0.25) is 0 Å². The molecule has 3 heterocycles. The Kier molecular flexibility index (Phi) is 4.27. The number of hydrogen-bond donors (Lipinski definition) is 2. The molecule has 0 fully saturated rings. The summed E-state index contributed by atoms with van der Waals surface area (Å²) in [5.41, 5.74) is 3.12. The number of carbonyl (C=O) groups excluding carboxylic acids is 2. The van der Waals surface area contributed by atoms with Crippen molar-refractivity contribution in [2.45, 2.75) is 33.4 Å². The minimum Gasteiger partial charge on any atom is -0.460 e. The van der Waals surface area contributed by atoms with Gasteiger partial charge < -0.3 is 14.6 Å². The molecular weight excluding hydrogens is 344 g/mol. The van der Waals surface area contributed by atoms with Gasteiger partial charge in [-0.25, -0.2) is 0 Å². The molecule has 2 N–H and O–H groups in total. The molecule has 0 saturated heterocycles. The van der Waals surface area contributed by atoms with Crippen LogP contribution < -0.4 is 5.32 Å². The zero-order chi connectivity index (χ0) is 19.0. The number of rotatable bonds is 4. The fourth-order valence-corrected chi connectivity index (χ4v) is 3.27. The summed E-state index contributed by atoms with van der Waals surface area (Å²) in [6.45, 7) is 4.40. The number of aromatic amines is 1. The first-order valence-electron chi connectivity index (χ1n) is 8.88. The Morgan fingerprint density at radius 3 is 2.74 bits per heavy atom. The van der Waals surface area contributed by atoms with Gasteiger partial charge in [0.25, 0.3) is 5.91 Å². The largest absolute Gasteiger partial charge is 0.460 e. The molecule has 27 heavy (non-hydrogen) atoms. The number of hydrogen-bond acceptors (Lipinski definition) is 4. The molecule has 0 saturated carbocycles.